The van der Waals surface area contributed by atoms with Gasteiger partial charge in [0.1, 0.15) is 11.6 Å². The lowest BCUT2D eigenvalue weighted by molar-refractivity contribution is 0.0606. The standard InChI is InChI=1S/C26H22F2N4O2/c1-17-5-7-19(8-6-17)25-13-23(34-31-25)16-32(15-20-9-10-21(27)12-24(20)28)26(33)30-22-4-2-3-18(11-22)14-29/h2-12,23H,13,15-16H2,1H3,(H,30,33). The van der Waals surface area contributed by atoms with Crippen molar-refractivity contribution in [2.24, 2.45) is 5.16 Å². The fourth-order valence-corrected chi connectivity index (χ4v) is 3.63. The van der Waals surface area contributed by atoms with Crippen LogP contribution < -0.4 is 5.32 Å². The van der Waals surface area contributed by atoms with Gasteiger partial charge in [0.05, 0.1) is 30.4 Å². The van der Waals surface area contributed by atoms with Crippen molar-refractivity contribution in [1.82, 2.24) is 4.90 Å². The number of nitriles is 1. The van der Waals surface area contributed by atoms with Gasteiger partial charge < -0.3 is 15.1 Å². The molecule has 0 radical (unpaired) electrons. The van der Waals surface area contributed by atoms with Crippen molar-refractivity contribution in [3.63, 3.8) is 0 Å². The van der Waals surface area contributed by atoms with Gasteiger partial charge in [-0.25, -0.2) is 13.6 Å². The monoisotopic (exact) mass is 460 g/mol. The Hall–Kier alpha value is -4.25. The molecule has 0 fully saturated rings. The molecule has 0 saturated heterocycles. The summed E-state index contributed by atoms with van der Waals surface area (Å²) < 4.78 is 27.7. The van der Waals surface area contributed by atoms with E-state index in [-0.39, 0.29) is 18.7 Å². The van der Waals surface area contributed by atoms with E-state index >= 15 is 0 Å². The summed E-state index contributed by atoms with van der Waals surface area (Å²) in [4.78, 5) is 20.1. The van der Waals surface area contributed by atoms with Crippen LogP contribution in [0.4, 0.5) is 19.3 Å². The third kappa shape index (κ3) is 5.56. The van der Waals surface area contributed by atoms with Gasteiger partial charge in [0.15, 0.2) is 6.10 Å². The van der Waals surface area contributed by atoms with Crippen molar-refractivity contribution in [1.29, 1.82) is 5.26 Å². The number of anilines is 1. The Bertz CT molecular complexity index is 1270. The van der Waals surface area contributed by atoms with Crippen LogP contribution in [0.1, 0.15) is 28.7 Å². The van der Waals surface area contributed by atoms with Crippen molar-refractivity contribution in [2.75, 3.05) is 11.9 Å². The number of rotatable bonds is 6. The number of hydrogen-bond acceptors (Lipinski definition) is 4. The molecule has 1 N–H and O–H groups in total. The molecule has 1 aliphatic heterocycles. The average molecular weight is 460 g/mol. The number of nitrogens with one attached hydrogen (secondary N) is 1. The van der Waals surface area contributed by atoms with E-state index in [1.165, 1.54) is 11.0 Å². The molecular formula is C26H22F2N4O2. The highest BCUT2D eigenvalue weighted by Gasteiger charge is 2.27. The van der Waals surface area contributed by atoms with Crippen LogP contribution in [0.2, 0.25) is 0 Å². The normalized spacial score (nSPS) is 14.6. The number of halogens is 2. The number of oxime groups is 1. The Morgan fingerprint density at radius 3 is 2.71 bits per heavy atom. The van der Waals surface area contributed by atoms with E-state index in [1.54, 1.807) is 24.3 Å². The van der Waals surface area contributed by atoms with Crippen molar-refractivity contribution in [3.8, 4) is 6.07 Å². The minimum atomic E-state index is -0.742. The van der Waals surface area contributed by atoms with Gasteiger partial charge in [-0.1, -0.05) is 47.1 Å². The Morgan fingerprint density at radius 1 is 1.18 bits per heavy atom. The second-order valence-electron chi connectivity index (χ2n) is 8.07. The maximum absolute atomic E-state index is 14.3. The number of urea groups is 1. The Morgan fingerprint density at radius 2 is 1.97 bits per heavy atom. The third-order valence-electron chi connectivity index (χ3n) is 5.45. The zero-order valence-electron chi connectivity index (χ0n) is 18.5. The molecule has 34 heavy (non-hydrogen) atoms. The number of amides is 2. The molecule has 1 atom stereocenters. The molecule has 0 saturated carbocycles. The van der Waals surface area contributed by atoms with Crippen LogP contribution in [0.15, 0.2) is 71.9 Å². The Kier molecular flexibility index (Phi) is 6.83. The highest BCUT2D eigenvalue weighted by Crippen LogP contribution is 2.21. The van der Waals surface area contributed by atoms with Crippen molar-refractivity contribution in [3.05, 3.63) is 101 Å². The van der Waals surface area contributed by atoms with Gasteiger partial charge in [-0.2, -0.15) is 5.26 Å². The summed E-state index contributed by atoms with van der Waals surface area (Å²) >= 11 is 0. The fourth-order valence-electron chi connectivity index (χ4n) is 3.63. The summed E-state index contributed by atoms with van der Waals surface area (Å²) in [7, 11) is 0. The molecule has 0 aromatic heterocycles. The minimum absolute atomic E-state index is 0.102. The zero-order chi connectivity index (χ0) is 24.1. The van der Waals surface area contributed by atoms with Gasteiger partial charge in [-0.15, -0.1) is 0 Å². The summed E-state index contributed by atoms with van der Waals surface area (Å²) in [6.45, 7) is 2.02. The topological polar surface area (TPSA) is 77.7 Å². The number of carbonyl (C=O) groups excluding carboxylic acids is 1. The molecule has 1 heterocycles. The maximum atomic E-state index is 14.3. The number of hydrogen-bond donors (Lipinski definition) is 1. The van der Waals surface area contributed by atoms with E-state index in [1.807, 2.05) is 37.3 Å². The van der Waals surface area contributed by atoms with Gasteiger partial charge in [0.25, 0.3) is 0 Å². The predicted molar refractivity (Wildman–Crippen MR) is 124 cm³/mol. The summed E-state index contributed by atoms with van der Waals surface area (Å²) in [6.07, 6.45) is 0.0406. The molecule has 1 unspecified atom stereocenters. The summed E-state index contributed by atoms with van der Waals surface area (Å²) in [5.74, 6) is -1.44. The van der Waals surface area contributed by atoms with Gasteiger partial charge in [-0.05, 0) is 36.8 Å². The number of aryl methyl sites for hydroxylation is 1. The number of benzene rings is 3. The molecule has 0 aliphatic carbocycles. The van der Waals surface area contributed by atoms with Crippen LogP contribution in [0, 0.1) is 29.9 Å². The molecule has 6 nitrogen and oxygen atoms in total. The van der Waals surface area contributed by atoms with Crippen LogP contribution in [0.25, 0.3) is 0 Å². The summed E-state index contributed by atoms with van der Waals surface area (Å²) in [5, 5.41) is 16.0. The number of nitrogens with zero attached hydrogens (tertiary/aromatic N) is 3. The average Bonchev–Trinajstić information content (AvgIpc) is 3.29. The van der Waals surface area contributed by atoms with Gasteiger partial charge in [-0.3, -0.25) is 0 Å². The summed E-state index contributed by atoms with van der Waals surface area (Å²) in [5.41, 5.74) is 3.81. The molecule has 1 aliphatic rings. The molecule has 2 amide bonds. The van der Waals surface area contributed by atoms with Crippen LogP contribution in [0.3, 0.4) is 0 Å². The third-order valence-corrected chi connectivity index (χ3v) is 5.45. The van der Waals surface area contributed by atoms with Gasteiger partial charge in [0.2, 0.25) is 0 Å². The molecular weight excluding hydrogens is 438 g/mol. The lowest BCUT2D eigenvalue weighted by atomic mass is 10.0. The van der Waals surface area contributed by atoms with E-state index in [4.69, 9.17) is 10.1 Å². The first-order valence-corrected chi connectivity index (χ1v) is 10.7. The molecule has 8 heteroatoms. The van der Waals surface area contributed by atoms with Crippen LogP contribution in [-0.4, -0.2) is 29.3 Å². The Balaban J connectivity index is 1.50. The molecule has 0 spiro atoms. The molecule has 172 valence electrons. The lowest BCUT2D eigenvalue weighted by Gasteiger charge is -2.25. The van der Waals surface area contributed by atoms with Crippen LogP contribution >= 0.6 is 0 Å². The molecule has 4 rings (SSSR count). The van der Waals surface area contributed by atoms with Crippen LogP contribution in [-0.2, 0) is 11.4 Å². The van der Waals surface area contributed by atoms with E-state index in [0.29, 0.717) is 17.7 Å². The first kappa shape index (κ1) is 22.9. The summed E-state index contributed by atoms with van der Waals surface area (Å²) in [6, 6.07) is 19.1. The molecule has 3 aromatic carbocycles. The van der Waals surface area contributed by atoms with Crippen molar-refractivity contribution >= 4 is 17.4 Å². The predicted octanol–water partition coefficient (Wildman–Crippen LogP) is 5.37. The van der Waals surface area contributed by atoms with Crippen molar-refractivity contribution in [2.45, 2.75) is 26.0 Å². The van der Waals surface area contributed by atoms with Crippen molar-refractivity contribution < 1.29 is 18.4 Å². The Labute approximate surface area is 196 Å². The molecule has 0 bridgehead atoms. The maximum Gasteiger partial charge on any atom is 0.322 e. The molecule has 3 aromatic rings. The van der Waals surface area contributed by atoms with E-state index in [0.717, 1.165) is 29.0 Å². The zero-order valence-corrected chi connectivity index (χ0v) is 18.5. The minimum Gasteiger partial charge on any atom is -0.390 e. The second kappa shape index (κ2) is 10.1. The second-order valence-corrected chi connectivity index (χ2v) is 8.07. The highest BCUT2D eigenvalue weighted by atomic mass is 19.1. The number of carbonyl (C=O) groups is 1. The van der Waals surface area contributed by atoms with E-state index < -0.39 is 23.8 Å². The SMILES string of the molecule is Cc1ccc(C2=NOC(CN(Cc3ccc(F)cc3F)C(=O)Nc3cccc(C#N)c3)C2)cc1. The smallest absolute Gasteiger partial charge is 0.322 e. The van der Waals surface area contributed by atoms with Crippen LogP contribution in [0.5, 0.6) is 0 Å². The largest absolute Gasteiger partial charge is 0.390 e. The van der Waals surface area contributed by atoms with Gasteiger partial charge >= 0.3 is 6.03 Å². The van der Waals surface area contributed by atoms with E-state index in [9.17, 15) is 13.6 Å². The first-order chi connectivity index (χ1) is 16.4. The van der Waals surface area contributed by atoms with Gasteiger partial charge in [0, 0.05) is 23.7 Å². The fraction of sp³-hybridized carbons (Fsp3) is 0.192. The quantitative estimate of drug-likeness (QED) is 0.537. The lowest BCUT2D eigenvalue weighted by Crippen LogP contribution is -2.40. The first-order valence-electron chi connectivity index (χ1n) is 10.7. The highest BCUT2D eigenvalue weighted by molar-refractivity contribution is 6.01. The van der Waals surface area contributed by atoms with E-state index in [2.05, 4.69) is 10.5 Å².